The molecule has 4 N–H and O–H groups in total. The molecule has 0 bridgehead atoms. The van der Waals surface area contributed by atoms with Crippen LogP contribution in [-0.4, -0.2) is 64.6 Å². The van der Waals surface area contributed by atoms with E-state index in [4.69, 9.17) is 0 Å². The zero-order valence-corrected chi connectivity index (χ0v) is 17.3. The molecule has 0 atom stereocenters. The Bertz CT molecular complexity index is 452. The number of hydrogen-bond acceptors (Lipinski definition) is 4. The van der Waals surface area contributed by atoms with Gasteiger partial charge in [0.1, 0.15) is 0 Å². The first-order valence-corrected chi connectivity index (χ1v) is 13.6. The summed E-state index contributed by atoms with van der Waals surface area (Å²) in [5.74, 6) is -6.58. The molecular weight excluding hydrogens is 360 g/mol. The van der Waals surface area contributed by atoms with Gasteiger partial charge in [-0.3, -0.25) is 9.59 Å². The highest BCUT2D eigenvalue weighted by molar-refractivity contribution is 6.55. The molecule has 0 heterocycles. The van der Waals surface area contributed by atoms with Crippen LogP contribution in [0.1, 0.15) is 12.8 Å². The van der Waals surface area contributed by atoms with Crippen molar-refractivity contribution in [2.24, 2.45) is 5.41 Å². The second-order valence-electron chi connectivity index (χ2n) is 6.49. The minimum absolute atomic E-state index is 0.141. The Morgan fingerprint density at radius 3 is 1.32 bits per heavy atom. The van der Waals surface area contributed by atoms with Crippen LogP contribution in [0.4, 0.5) is 0 Å². The van der Waals surface area contributed by atoms with Gasteiger partial charge in [-0.25, -0.2) is 9.59 Å². The molecule has 0 aromatic rings. The summed E-state index contributed by atoms with van der Waals surface area (Å²) < 4.78 is 0. The fraction of sp³-hybridized carbons (Fsp3) is 0.733. The average Bonchev–Trinajstić information content (AvgIpc) is 2.47. The molecule has 0 aromatic heterocycles. The van der Waals surface area contributed by atoms with Gasteiger partial charge in [-0.15, -0.1) is 0 Å². The van der Waals surface area contributed by atoms with Crippen LogP contribution in [0.3, 0.4) is 0 Å². The number of carbonyl (C=O) groups is 4. The maximum absolute atomic E-state index is 12.3. The number of aliphatic carboxylic acids is 2. The predicted molar refractivity (Wildman–Crippen MR) is 97.5 cm³/mol. The summed E-state index contributed by atoms with van der Waals surface area (Å²) in [5.41, 5.74) is -3.15. The van der Waals surface area contributed by atoms with Crippen molar-refractivity contribution in [1.82, 2.24) is 10.6 Å². The Hall–Kier alpha value is -1.69. The lowest BCUT2D eigenvalue weighted by atomic mass is 9.85. The minimum Gasteiger partial charge on any atom is -0.480 e. The molecule has 25 heavy (non-hydrogen) atoms. The number of amides is 2. The summed E-state index contributed by atoms with van der Waals surface area (Å²) in [6.45, 7) is 8.66. The number of rotatable bonds is 12. The third-order valence-corrected chi connectivity index (χ3v) is 6.31. The predicted octanol–water partition coefficient (Wildman–Crippen LogP) is 0.663. The molecule has 0 aromatic carbocycles. The number of nitrogens with one attached hydrogen (secondary N) is 2. The first kappa shape index (κ1) is 23.3. The molecule has 10 heteroatoms. The van der Waals surface area contributed by atoms with E-state index in [9.17, 15) is 29.4 Å². The Morgan fingerprint density at radius 2 is 1.08 bits per heavy atom. The average molecular weight is 389 g/mol. The summed E-state index contributed by atoms with van der Waals surface area (Å²) in [4.78, 5) is 47.6. The second-order valence-corrected chi connectivity index (χ2v) is 12.3. The van der Waals surface area contributed by atoms with E-state index in [-0.39, 0.29) is 13.1 Å². The smallest absolute Gasteiger partial charge is 0.340 e. The van der Waals surface area contributed by atoms with Crippen LogP contribution in [0.2, 0.25) is 38.3 Å². The van der Waals surface area contributed by atoms with Gasteiger partial charge in [0.05, 0.1) is 0 Å². The summed E-state index contributed by atoms with van der Waals surface area (Å²) in [6, 6.07) is 1.78. The van der Waals surface area contributed by atoms with Crippen molar-refractivity contribution in [3.05, 3.63) is 0 Å². The van der Waals surface area contributed by atoms with Crippen molar-refractivity contribution in [2.45, 2.75) is 51.1 Å². The van der Waals surface area contributed by atoms with Crippen molar-refractivity contribution in [3.63, 3.8) is 0 Å². The van der Waals surface area contributed by atoms with Crippen LogP contribution in [0.5, 0.6) is 0 Å². The molecule has 8 nitrogen and oxygen atoms in total. The molecule has 0 aliphatic rings. The quantitative estimate of drug-likeness (QED) is 0.221. The van der Waals surface area contributed by atoms with Gasteiger partial charge >= 0.3 is 17.4 Å². The number of carboxylic acids is 2. The van der Waals surface area contributed by atoms with Gasteiger partial charge < -0.3 is 20.8 Å². The van der Waals surface area contributed by atoms with Crippen LogP contribution < -0.4 is 10.6 Å². The normalized spacial score (nSPS) is 11.4. The summed E-state index contributed by atoms with van der Waals surface area (Å²) in [6.07, 6.45) is 1.23. The van der Waals surface area contributed by atoms with Crippen LogP contribution in [0.15, 0.2) is 0 Å². The van der Waals surface area contributed by atoms with E-state index in [0.717, 1.165) is 12.1 Å². The maximum Gasteiger partial charge on any atom is 0.340 e. The Morgan fingerprint density at radius 1 is 0.760 bits per heavy atom. The number of carboxylic acid groups (broad SMARTS) is 2. The molecule has 0 saturated heterocycles. The monoisotopic (exact) mass is 388 g/mol. The van der Waals surface area contributed by atoms with Crippen LogP contribution in [0, 0.1) is 5.41 Å². The molecule has 0 unspecified atom stereocenters. The Balaban J connectivity index is 5.05. The van der Waals surface area contributed by atoms with E-state index in [1.165, 1.54) is 0 Å². The van der Waals surface area contributed by atoms with Crippen molar-refractivity contribution in [1.29, 1.82) is 0 Å². The molecule has 0 saturated carbocycles. The van der Waals surface area contributed by atoms with E-state index in [1.807, 2.05) is 0 Å². The van der Waals surface area contributed by atoms with Gasteiger partial charge in [-0.1, -0.05) is 38.3 Å². The summed E-state index contributed by atoms with van der Waals surface area (Å²) in [5, 5.41) is 23.2. The third kappa shape index (κ3) is 6.98. The summed E-state index contributed by atoms with van der Waals surface area (Å²) in [7, 11) is -0.996. The van der Waals surface area contributed by atoms with Gasteiger partial charge in [0.15, 0.2) is 0 Å². The number of carbonyl (C=O) groups excluding carboxylic acids is 2. The highest BCUT2D eigenvalue weighted by atomic mass is 28.3. The molecule has 0 aliphatic heterocycles. The zero-order valence-electron chi connectivity index (χ0n) is 15.3. The maximum atomic E-state index is 12.3. The SMILES string of the molecule is C[Si](C)CCCNC(=O)C(C(=O)O)(C(=O)O)C(=O)NCCC[Si](C)C. The van der Waals surface area contributed by atoms with Crippen molar-refractivity contribution in [3.8, 4) is 0 Å². The minimum atomic E-state index is -3.15. The van der Waals surface area contributed by atoms with E-state index in [2.05, 4.69) is 36.8 Å². The highest BCUT2D eigenvalue weighted by Crippen LogP contribution is 2.20. The molecule has 2 amide bonds. The second kappa shape index (κ2) is 11.0. The topological polar surface area (TPSA) is 133 Å². The number of hydrogen-bond donors (Lipinski definition) is 4. The first-order valence-electron chi connectivity index (χ1n) is 8.18. The van der Waals surface area contributed by atoms with Crippen LogP contribution >= 0.6 is 0 Å². The van der Waals surface area contributed by atoms with Gasteiger partial charge in [0, 0.05) is 30.7 Å². The molecule has 0 fully saturated rings. The molecule has 2 radical (unpaired) electrons. The standard InChI is InChI=1S/C15H28N2O6Si2/c1-24(2)9-5-7-16-11(18)15(13(20)21,14(22)23)12(19)17-8-6-10-25(3)4/h5-10H2,1-4H3,(H,16,18)(H,17,19)(H,20,21)(H,22,23). The van der Waals surface area contributed by atoms with E-state index >= 15 is 0 Å². The lowest BCUT2D eigenvalue weighted by molar-refractivity contribution is -0.172. The van der Waals surface area contributed by atoms with Crippen LogP contribution in [-0.2, 0) is 19.2 Å². The largest absolute Gasteiger partial charge is 0.480 e. The molecule has 0 spiro atoms. The molecule has 0 rings (SSSR count). The van der Waals surface area contributed by atoms with Gasteiger partial charge in [-0.05, 0) is 12.8 Å². The lowest BCUT2D eigenvalue weighted by Crippen LogP contribution is -2.60. The van der Waals surface area contributed by atoms with E-state index < -0.39 is 46.8 Å². The van der Waals surface area contributed by atoms with Crippen molar-refractivity contribution in [2.75, 3.05) is 13.1 Å². The Kier molecular flexibility index (Phi) is 10.3. The Labute approximate surface area is 151 Å². The van der Waals surface area contributed by atoms with E-state index in [0.29, 0.717) is 12.8 Å². The van der Waals surface area contributed by atoms with Gasteiger partial charge in [0.25, 0.3) is 11.8 Å². The highest BCUT2D eigenvalue weighted by Gasteiger charge is 2.60. The van der Waals surface area contributed by atoms with E-state index in [1.54, 1.807) is 0 Å². The summed E-state index contributed by atoms with van der Waals surface area (Å²) >= 11 is 0. The van der Waals surface area contributed by atoms with Crippen molar-refractivity contribution >= 4 is 41.3 Å². The molecule has 0 aliphatic carbocycles. The van der Waals surface area contributed by atoms with Gasteiger partial charge in [-0.2, -0.15) is 0 Å². The fourth-order valence-electron chi connectivity index (χ4n) is 2.14. The fourth-order valence-corrected chi connectivity index (χ4v) is 3.90. The lowest BCUT2D eigenvalue weighted by Gasteiger charge is -2.23. The first-order chi connectivity index (χ1) is 11.6. The van der Waals surface area contributed by atoms with Crippen LogP contribution in [0.25, 0.3) is 0 Å². The zero-order chi connectivity index (χ0) is 19.6. The molecule has 142 valence electrons. The third-order valence-electron chi connectivity index (χ3n) is 3.60. The molecular formula is C15H28N2O6Si2. The van der Waals surface area contributed by atoms with Crippen molar-refractivity contribution < 1.29 is 29.4 Å². The van der Waals surface area contributed by atoms with Gasteiger partial charge in [0.2, 0.25) is 0 Å².